The number of aliphatic carboxylic acids is 1. The van der Waals surface area contributed by atoms with Crippen LogP contribution in [0.4, 0.5) is 0 Å². The molecule has 0 bridgehead atoms. The number of fused-ring (bicyclic) bond motifs is 2. The third kappa shape index (κ3) is 6.63. The lowest BCUT2D eigenvalue weighted by Gasteiger charge is -2.31. The average Bonchev–Trinajstić information content (AvgIpc) is 3.73. The largest absolute Gasteiger partial charge is 0.493 e. The van der Waals surface area contributed by atoms with Gasteiger partial charge in [0.25, 0.3) is 5.91 Å². The zero-order valence-corrected chi connectivity index (χ0v) is 25.7. The zero-order chi connectivity index (χ0) is 31.2. The quantitative estimate of drug-likeness (QED) is 0.292. The molecule has 11 heteroatoms. The topological polar surface area (TPSA) is 135 Å². The van der Waals surface area contributed by atoms with Gasteiger partial charge in [0.15, 0.2) is 11.5 Å². The van der Waals surface area contributed by atoms with Crippen molar-refractivity contribution in [1.29, 1.82) is 0 Å². The third-order valence-electron chi connectivity index (χ3n) is 9.09. The summed E-state index contributed by atoms with van der Waals surface area (Å²) in [5, 5.41) is 10.6. The van der Waals surface area contributed by atoms with Gasteiger partial charge in [-0.1, -0.05) is 31.5 Å². The van der Waals surface area contributed by atoms with Crippen LogP contribution in [-0.2, 0) is 16.1 Å². The van der Waals surface area contributed by atoms with Gasteiger partial charge in [-0.3, -0.25) is 19.3 Å². The van der Waals surface area contributed by atoms with Gasteiger partial charge in [0.2, 0.25) is 18.4 Å². The number of hydrogen-bond acceptors (Lipinski definition) is 8. The van der Waals surface area contributed by atoms with Gasteiger partial charge >= 0.3 is 5.97 Å². The Kier molecular flexibility index (Phi) is 10.3. The smallest absolute Gasteiger partial charge is 0.308 e. The Morgan fingerprint density at radius 2 is 1.93 bits per heavy atom. The molecule has 3 heterocycles. The predicted octanol–water partition coefficient (Wildman–Crippen LogP) is 3.31. The Bertz CT molecular complexity index is 1350. The van der Waals surface area contributed by atoms with Crippen molar-refractivity contribution in [2.75, 3.05) is 53.2 Å². The van der Waals surface area contributed by atoms with E-state index in [0.29, 0.717) is 68.5 Å². The molecule has 0 radical (unpaired) electrons. The van der Waals surface area contributed by atoms with Crippen LogP contribution in [-0.4, -0.2) is 96.8 Å². The van der Waals surface area contributed by atoms with Gasteiger partial charge in [0.05, 0.1) is 19.6 Å². The molecule has 44 heavy (non-hydrogen) atoms. The summed E-state index contributed by atoms with van der Waals surface area (Å²) in [4.78, 5) is 45.6. The maximum Gasteiger partial charge on any atom is 0.308 e. The number of carbonyl (C=O) groups excluding carboxylic acids is 2. The fourth-order valence-corrected chi connectivity index (χ4v) is 6.77. The van der Waals surface area contributed by atoms with Gasteiger partial charge in [-0.15, -0.1) is 0 Å². The van der Waals surface area contributed by atoms with Crippen LogP contribution in [0.1, 0.15) is 66.4 Å². The van der Waals surface area contributed by atoms with Gasteiger partial charge in [0.1, 0.15) is 0 Å². The first-order valence-corrected chi connectivity index (χ1v) is 15.7. The molecule has 0 saturated carbocycles. The van der Waals surface area contributed by atoms with Gasteiger partial charge in [-0.25, -0.2) is 0 Å². The SMILES string of the molecule is CCCCN(CCCCN)C(=O)CN1CC(c2cc(OC)c3c(c2)OCO3)C(C(=O)O)C1CCN1Cc2ccccc2C1=O. The molecule has 2 aromatic carbocycles. The molecular weight excluding hydrogens is 564 g/mol. The van der Waals surface area contributed by atoms with Crippen molar-refractivity contribution in [3.8, 4) is 17.2 Å². The minimum Gasteiger partial charge on any atom is -0.493 e. The molecule has 3 aliphatic rings. The van der Waals surface area contributed by atoms with Crippen molar-refractivity contribution in [3.63, 3.8) is 0 Å². The molecule has 1 saturated heterocycles. The van der Waals surface area contributed by atoms with Crippen molar-refractivity contribution >= 4 is 17.8 Å². The minimum absolute atomic E-state index is 0.0156. The summed E-state index contributed by atoms with van der Waals surface area (Å²) in [6, 6.07) is 10.7. The number of ether oxygens (including phenoxy) is 3. The summed E-state index contributed by atoms with van der Waals surface area (Å²) >= 11 is 0. The van der Waals surface area contributed by atoms with E-state index >= 15 is 0 Å². The maximum absolute atomic E-state index is 13.8. The highest BCUT2D eigenvalue weighted by atomic mass is 16.7. The molecular formula is C33H44N4O7. The molecule has 11 nitrogen and oxygen atoms in total. The number of nitrogens with zero attached hydrogens (tertiary/aromatic N) is 3. The van der Waals surface area contributed by atoms with E-state index in [1.807, 2.05) is 46.2 Å². The van der Waals surface area contributed by atoms with E-state index in [1.54, 1.807) is 12.0 Å². The molecule has 1 fully saturated rings. The fourth-order valence-electron chi connectivity index (χ4n) is 6.77. The number of amides is 2. The normalized spacial score (nSPS) is 20.7. The van der Waals surface area contributed by atoms with E-state index in [2.05, 4.69) is 6.92 Å². The first-order valence-electron chi connectivity index (χ1n) is 15.7. The van der Waals surface area contributed by atoms with Crippen molar-refractivity contribution in [2.45, 2.75) is 57.5 Å². The van der Waals surface area contributed by atoms with Crippen LogP contribution < -0.4 is 19.9 Å². The monoisotopic (exact) mass is 608 g/mol. The number of unbranched alkanes of at least 4 members (excludes halogenated alkanes) is 2. The zero-order valence-electron chi connectivity index (χ0n) is 25.7. The van der Waals surface area contributed by atoms with Crippen LogP contribution in [0, 0.1) is 5.92 Å². The molecule has 5 rings (SSSR count). The molecule has 3 unspecified atom stereocenters. The van der Waals surface area contributed by atoms with Crippen molar-refractivity contribution in [2.24, 2.45) is 11.7 Å². The van der Waals surface area contributed by atoms with Gasteiger partial charge in [-0.05, 0) is 61.6 Å². The number of rotatable bonds is 15. The summed E-state index contributed by atoms with van der Waals surface area (Å²) in [7, 11) is 1.54. The first kappa shape index (κ1) is 31.6. The summed E-state index contributed by atoms with van der Waals surface area (Å²) in [5.41, 5.74) is 8.13. The number of likely N-dealkylation sites (tertiary alicyclic amines) is 1. The van der Waals surface area contributed by atoms with Crippen molar-refractivity contribution < 1.29 is 33.7 Å². The number of benzene rings is 2. The van der Waals surface area contributed by atoms with Gasteiger partial charge < -0.3 is 34.9 Å². The minimum atomic E-state index is -0.937. The molecule has 3 atom stereocenters. The fraction of sp³-hybridized carbons (Fsp3) is 0.545. The van der Waals surface area contributed by atoms with E-state index in [-0.39, 0.29) is 25.2 Å². The van der Waals surface area contributed by atoms with E-state index < -0.39 is 23.8 Å². The molecule has 2 amide bonds. The Labute approximate surface area is 258 Å². The van der Waals surface area contributed by atoms with Crippen LogP contribution in [0.25, 0.3) is 0 Å². The molecule has 3 aliphatic heterocycles. The second-order valence-corrected chi connectivity index (χ2v) is 11.8. The first-order chi connectivity index (χ1) is 21.4. The van der Waals surface area contributed by atoms with E-state index in [1.165, 1.54) is 0 Å². The van der Waals surface area contributed by atoms with E-state index in [9.17, 15) is 19.5 Å². The highest BCUT2D eigenvalue weighted by Gasteiger charge is 2.48. The molecule has 0 aliphatic carbocycles. The lowest BCUT2D eigenvalue weighted by Crippen LogP contribution is -2.45. The highest BCUT2D eigenvalue weighted by Crippen LogP contribution is 2.47. The predicted molar refractivity (Wildman–Crippen MR) is 164 cm³/mol. The summed E-state index contributed by atoms with van der Waals surface area (Å²) in [5.74, 6) is -0.740. The van der Waals surface area contributed by atoms with Crippen molar-refractivity contribution in [1.82, 2.24) is 14.7 Å². The summed E-state index contributed by atoms with van der Waals surface area (Å²) < 4.78 is 16.8. The summed E-state index contributed by atoms with van der Waals surface area (Å²) in [6.07, 6.45) is 3.94. The van der Waals surface area contributed by atoms with E-state index in [4.69, 9.17) is 19.9 Å². The van der Waals surface area contributed by atoms with Crippen LogP contribution in [0.3, 0.4) is 0 Å². The molecule has 238 valence electrons. The maximum atomic E-state index is 13.8. The van der Waals surface area contributed by atoms with Gasteiger partial charge in [0, 0.05) is 50.2 Å². The number of hydrogen-bond donors (Lipinski definition) is 2. The Hall–Kier alpha value is -3.83. The van der Waals surface area contributed by atoms with Crippen LogP contribution in [0.2, 0.25) is 0 Å². The second-order valence-electron chi connectivity index (χ2n) is 11.8. The van der Waals surface area contributed by atoms with Crippen LogP contribution in [0.5, 0.6) is 17.2 Å². The Morgan fingerprint density at radius 3 is 2.66 bits per heavy atom. The Balaban J connectivity index is 1.41. The second kappa shape index (κ2) is 14.3. The molecule has 2 aromatic rings. The standard InChI is InChI=1S/C33H44N4O7/c1-3-4-13-35(14-8-7-12-34)29(38)20-37-19-25(23-16-27(42-2)31-28(17-23)43-21-44-31)30(33(40)41)26(37)11-15-36-18-22-9-5-6-10-24(22)32(36)39/h5-6,9-10,16-17,25-26,30H,3-4,7-8,11-15,18-21,34H2,1-2H3,(H,40,41). The average molecular weight is 609 g/mol. The third-order valence-corrected chi connectivity index (χ3v) is 9.09. The van der Waals surface area contributed by atoms with Crippen LogP contribution >= 0.6 is 0 Å². The molecule has 0 aromatic heterocycles. The number of methoxy groups -OCH3 is 1. The van der Waals surface area contributed by atoms with Gasteiger partial charge in [-0.2, -0.15) is 0 Å². The summed E-state index contributed by atoms with van der Waals surface area (Å²) in [6.45, 7) is 5.37. The number of carbonyl (C=O) groups is 3. The number of carboxylic acids is 1. The van der Waals surface area contributed by atoms with Crippen LogP contribution in [0.15, 0.2) is 36.4 Å². The number of nitrogens with two attached hydrogens (primary N) is 1. The van der Waals surface area contributed by atoms with E-state index in [0.717, 1.165) is 36.8 Å². The van der Waals surface area contributed by atoms with Crippen molar-refractivity contribution in [3.05, 3.63) is 53.1 Å². The Morgan fingerprint density at radius 1 is 1.14 bits per heavy atom. The number of carboxylic acid groups (broad SMARTS) is 1. The molecule has 0 spiro atoms. The molecule has 3 N–H and O–H groups in total. The lowest BCUT2D eigenvalue weighted by atomic mass is 9.84. The lowest BCUT2D eigenvalue weighted by molar-refractivity contribution is -0.144. The highest BCUT2D eigenvalue weighted by molar-refractivity contribution is 5.98.